The molecule has 1 aliphatic rings. The Kier molecular flexibility index (Phi) is 2.14. The van der Waals surface area contributed by atoms with Crippen molar-refractivity contribution in [2.45, 2.75) is 20.3 Å². The van der Waals surface area contributed by atoms with Crippen LogP contribution in [0.2, 0.25) is 0 Å². The highest BCUT2D eigenvalue weighted by molar-refractivity contribution is 5.86. The van der Waals surface area contributed by atoms with E-state index in [9.17, 15) is 0 Å². The van der Waals surface area contributed by atoms with Gasteiger partial charge in [0, 0.05) is 6.92 Å². The van der Waals surface area contributed by atoms with E-state index in [2.05, 4.69) is 32.9 Å². The molecule has 0 aromatic rings. The van der Waals surface area contributed by atoms with Gasteiger partial charge in [0.05, 0.1) is 26.0 Å². The lowest BCUT2D eigenvalue weighted by atomic mass is 10.2. The van der Waals surface area contributed by atoms with Gasteiger partial charge in [-0.05, 0) is 6.42 Å². The van der Waals surface area contributed by atoms with Crippen LogP contribution >= 0.6 is 0 Å². The van der Waals surface area contributed by atoms with Crippen LogP contribution in [0.4, 0.5) is 0 Å². The molecule has 2 nitrogen and oxygen atoms in total. The van der Waals surface area contributed by atoms with Crippen LogP contribution in [0.1, 0.15) is 20.3 Å². The highest BCUT2D eigenvalue weighted by atomic mass is 15.3. The summed E-state index contributed by atoms with van der Waals surface area (Å²) in [5, 5.41) is 0. The van der Waals surface area contributed by atoms with E-state index in [4.69, 9.17) is 0 Å². The Morgan fingerprint density at radius 3 is 2.64 bits per heavy atom. The molecule has 0 N–H and O–H groups in total. The fraction of sp³-hybridized carbons (Fsp3) is 0.667. The monoisotopic (exact) mass is 153 g/mol. The molecule has 0 unspecified atom stereocenters. The van der Waals surface area contributed by atoms with Crippen molar-refractivity contribution in [3.05, 3.63) is 11.9 Å². The van der Waals surface area contributed by atoms with Crippen molar-refractivity contribution >= 4 is 5.71 Å². The predicted octanol–water partition coefficient (Wildman–Crippen LogP) is 1.79. The van der Waals surface area contributed by atoms with Crippen molar-refractivity contribution in [1.29, 1.82) is 0 Å². The summed E-state index contributed by atoms with van der Waals surface area (Å²) >= 11 is 0. The second-order valence-corrected chi connectivity index (χ2v) is 3.66. The zero-order valence-electron chi connectivity index (χ0n) is 7.89. The fourth-order valence-corrected chi connectivity index (χ4v) is 1.17. The molecule has 1 heterocycles. The lowest BCUT2D eigenvalue weighted by molar-refractivity contribution is -0.843. The first-order valence-corrected chi connectivity index (χ1v) is 4.12. The van der Waals surface area contributed by atoms with Crippen LogP contribution in [0.3, 0.4) is 0 Å². The lowest BCUT2D eigenvalue weighted by Crippen LogP contribution is -2.43. The minimum Gasteiger partial charge on any atom is -0.294 e. The average Bonchev–Trinajstić information content (AvgIpc) is 1.95. The second-order valence-electron chi connectivity index (χ2n) is 3.66. The Bertz CT molecular complexity index is 212. The topological polar surface area (TPSA) is 12.4 Å². The molecule has 0 spiro atoms. The maximum absolute atomic E-state index is 4.36. The Morgan fingerprint density at radius 2 is 2.18 bits per heavy atom. The molecule has 0 radical (unpaired) electrons. The van der Waals surface area contributed by atoms with Crippen molar-refractivity contribution in [2.24, 2.45) is 4.99 Å². The normalized spacial score (nSPS) is 22.5. The molecule has 0 aliphatic carbocycles. The largest absolute Gasteiger partial charge is 0.294 e. The van der Waals surface area contributed by atoms with Gasteiger partial charge in [-0.3, -0.25) is 9.48 Å². The van der Waals surface area contributed by atoms with Gasteiger partial charge in [0.1, 0.15) is 12.2 Å². The van der Waals surface area contributed by atoms with Gasteiger partial charge >= 0.3 is 0 Å². The first-order valence-electron chi connectivity index (χ1n) is 4.12. The SMILES string of the molecule is CCC1=NC=C(C)[N+](C)(C)C1. The van der Waals surface area contributed by atoms with Crippen LogP contribution in [0.25, 0.3) is 0 Å². The van der Waals surface area contributed by atoms with Crippen LogP contribution in [-0.2, 0) is 0 Å². The third-order valence-corrected chi connectivity index (χ3v) is 2.37. The van der Waals surface area contributed by atoms with Gasteiger partial charge in [-0.2, -0.15) is 0 Å². The molecule has 0 fully saturated rings. The van der Waals surface area contributed by atoms with Crippen LogP contribution in [0, 0.1) is 0 Å². The summed E-state index contributed by atoms with van der Waals surface area (Å²) in [6.07, 6.45) is 3.06. The molecular weight excluding hydrogens is 136 g/mol. The van der Waals surface area contributed by atoms with Gasteiger partial charge in [-0.25, -0.2) is 0 Å². The van der Waals surface area contributed by atoms with Gasteiger partial charge in [0.2, 0.25) is 0 Å². The highest BCUT2D eigenvalue weighted by Gasteiger charge is 2.23. The fourth-order valence-electron chi connectivity index (χ4n) is 1.17. The molecule has 1 rings (SSSR count). The van der Waals surface area contributed by atoms with Crippen molar-refractivity contribution in [3.8, 4) is 0 Å². The molecule has 0 bridgehead atoms. The molecule has 1 aliphatic heterocycles. The van der Waals surface area contributed by atoms with E-state index in [1.807, 2.05) is 6.20 Å². The molecule has 0 atom stereocenters. The number of allylic oxidation sites excluding steroid dienone is 1. The quantitative estimate of drug-likeness (QED) is 0.509. The molecule has 11 heavy (non-hydrogen) atoms. The molecule has 0 aromatic carbocycles. The van der Waals surface area contributed by atoms with Gasteiger partial charge < -0.3 is 0 Å². The lowest BCUT2D eigenvalue weighted by Gasteiger charge is -2.32. The van der Waals surface area contributed by atoms with Crippen LogP contribution in [-0.4, -0.2) is 30.8 Å². The minimum atomic E-state index is 0.965. The highest BCUT2D eigenvalue weighted by Crippen LogP contribution is 2.15. The number of rotatable bonds is 1. The molecule has 0 aromatic heterocycles. The average molecular weight is 153 g/mol. The summed E-state index contributed by atoms with van der Waals surface area (Å²) in [6.45, 7) is 5.36. The summed E-state index contributed by atoms with van der Waals surface area (Å²) in [7, 11) is 4.44. The summed E-state index contributed by atoms with van der Waals surface area (Å²) in [5.41, 5.74) is 2.64. The smallest absolute Gasteiger partial charge is 0.124 e. The van der Waals surface area contributed by atoms with Gasteiger partial charge in [0.15, 0.2) is 0 Å². The number of nitrogens with zero attached hydrogens (tertiary/aromatic N) is 2. The summed E-state index contributed by atoms with van der Waals surface area (Å²) in [6, 6.07) is 0. The van der Waals surface area contributed by atoms with Crippen molar-refractivity contribution in [1.82, 2.24) is 0 Å². The third kappa shape index (κ3) is 1.69. The molecule has 2 heteroatoms. The van der Waals surface area contributed by atoms with Crippen molar-refractivity contribution < 1.29 is 4.48 Å². The van der Waals surface area contributed by atoms with Gasteiger partial charge in [-0.15, -0.1) is 0 Å². The minimum absolute atomic E-state index is 0.965. The van der Waals surface area contributed by atoms with E-state index in [0.29, 0.717) is 0 Å². The Morgan fingerprint density at radius 1 is 1.55 bits per heavy atom. The Hall–Kier alpha value is -0.630. The standard InChI is InChI=1S/C9H17N2/c1-5-9-7-11(3,4)8(2)6-10-9/h6H,5,7H2,1-4H3/q+1. The van der Waals surface area contributed by atoms with E-state index in [-0.39, 0.29) is 0 Å². The van der Waals surface area contributed by atoms with E-state index in [1.165, 1.54) is 11.4 Å². The van der Waals surface area contributed by atoms with E-state index in [0.717, 1.165) is 17.4 Å². The molecule has 62 valence electrons. The second kappa shape index (κ2) is 2.78. The molecule has 0 amide bonds. The zero-order valence-corrected chi connectivity index (χ0v) is 7.89. The van der Waals surface area contributed by atoms with Gasteiger partial charge in [0.25, 0.3) is 0 Å². The van der Waals surface area contributed by atoms with Crippen LogP contribution in [0.15, 0.2) is 16.9 Å². The Labute approximate surface area is 68.8 Å². The number of aliphatic imine (C=N–C) groups is 1. The zero-order chi connectivity index (χ0) is 8.48. The van der Waals surface area contributed by atoms with Crippen molar-refractivity contribution in [2.75, 3.05) is 20.6 Å². The first kappa shape index (κ1) is 8.47. The number of quaternary nitrogens is 1. The van der Waals surface area contributed by atoms with Crippen molar-refractivity contribution in [3.63, 3.8) is 0 Å². The van der Waals surface area contributed by atoms with E-state index < -0.39 is 0 Å². The third-order valence-electron chi connectivity index (χ3n) is 2.37. The summed E-state index contributed by atoms with van der Waals surface area (Å²) in [5.74, 6) is 0. The van der Waals surface area contributed by atoms with Gasteiger partial charge in [-0.1, -0.05) is 6.92 Å². The van der Waals surface area contributed by atoms with E-state index >= 15 is 0 Å². The molecule has 0 saturated carbocycles. The summed E-state index contributed by atoms with van der Waals surface area (Å²) in [4.78, 5) is 4.36. The predicted molar refractivity (Wildman–Crippen MR) is 48.5 cm³/mol. The van der Waals surface area contributed by atoms with Crippen LogP contribution < -0.4 is 0 Å². The number of hydrogen-bond acceptors (Lipinski definition) is 1. The molecular formula is C9H17N2+. The molecule has 0 saturated heterocycles. The van der Waals surface area contributed by atoms with Crippen LogP contribution in [0.5, 0.6) is 0 Å². The van der Waals surface area contributed by atoms with E-state index in [1.54, 1.807) is 0 Å². The number of hydrogen-bond donors (Lipinski definition) is 0. The maximum Gasteiger partial charge on any atom is 0.124 e. The maximum atomic E-state index is 4.36. The first-order chi connectivity index (χ1) is 5.06. The Balaban J connectivity index is 2.84. The summed E-state index contributed by atoms with van der Waals surface area (Å²) < 4.78 is 0.965.